The Balaban J connectivity index is 1.97. The van der Waals surface area contributed by atoms with Gasteiger partial charge in [-0.25, -0.2) is 4.39 Å². The Labute approximate surface area is 117 Å². The number of methoxy groups -OCH3 is 1. The molecular formula is C14H20FNO4. The molecule has 1 aromatic carbocycles. The van der Waals surface area contributed by atoms with Crippen LogP contribution < -0.4 is 4.74 Å². The molecule has 1 aromatic rings. The van der Waals surface area contributed by atoms with Gasteiger partial charge in [0, 0.05) is 19.6 Å². The summed E-state index contributed by atoms with van der Waals surface area (Å²) in [6.07, 6.45) is -2.19. The lowest BCUT2D eigenvalue weighted by Gasteiger charge is -2.19. The SMILES string of the molecule is COc1cccc(F)c1C(O)CCN1CC(O)C(O)C1. The molecule has 0 radical (unpaired) electrons. The van der Waals surface area contributed by atoms with Gasteiger partial charge in [0.2, 0.25) is 0 Å². The Hall–Kier alpha value is -1.21. The van der Waals surface area contributed by atoms with Crippen LogP contribution in [0.4, 0.5) is 4.39 Å². The zero-order valence-corrected chi connectivity index (χ0v) is 11.4. The van der Waals surface area contributed by atoms with Crippen molar-refractivity contribution in [2.75, 3.05) is 26.7 Å². The average Bonchev–Trinajstić information content (AvgIpc) is 2.74. The molecule has 0 amide bonds. The molecule has 6 heteroatoms. The number of aliphatic hydroxyl groups excluding tert-OH is 3. The van der Waals surface area contributed by atoms with Crippen molar-refractivity contribution in [2.24, 2.45) is 0 Å². The second-order valence-electron chi connectivity index (χ2n) is 5.05. The summed E-state index contributed by atoms with van der Waals surface area (Å²) in [6.45, 7) is 1.19. The summed E-state index contributed by atoms with van der Waals surface area (Å²) in [7, 11) is 1.43. The van der Waals surface area contributed by atoms with Gasteiger partial charge in [-0.05, 0) is 18.6 Å². The van der Waals surface area contributed by atoms with Gasteiger partial charge in [-0.2, -0.15) is 0 Å². The number of nitrogens with zero attached hydrogens (tertiary/aromatic N) is 1. The lowest BCUT2D eigenvalue weighted by Crippen LogP contribution is -2.24. The summed E-state index contributed by atoms with van der Waals surface area (Å²) < 4.78 is 18.8. The zero-order chi connectivity index (χ0) is 14.7. The van der Waals surface area contributed by atoms with Crippen molar-refractivity contribution in [2.45, 2.75) is 24.7 Å². The number of rotatable bonds is 5. The Morgan fingerprint density at radius 2 is 2.00 bits per heavy atom. The Morgan fingerprint density at radius 1 is 1.35 bits per heavy atom. The third-order valence-corrected chi connectivity index (χ3v) is 3.62. The zero-order valence-electron chi connectivity index (χ0n) is 11.4. The van der Waals surface area contributed by atoms with Crippen LogP contribution in [0.3, 0.4) is 0 Å². The van der Waals surface area contributed by atoms with Crippen molar-refractivity contribution in [3.63, 3.8) is 0 Å². The van der Waals surface area contributed by atoms with Gasteiger partial charge in [0.25, 0.3) is 0 Å². The van der Waals surface area contributed by atoms with Crippen LogP contribution >= 0.6 is 0 Å². The fraction of sp³-hybridized carbons (Fsp3) is 0.571. The van der Waals surface area contributed by atoms with Gasteiger partial charge in [-0.15, -0.1) is 0 Å². The van der Waals surface area contributed by atoms with E-state index in [0.717, 1.165) is 0 Å². The molecule has 3 unspecified atom stereocenters. The third kappa shape index (κ3) is 3.27. The topological polar surface area (TPSA) is 73.2 Å². The van der Waals surface area contributed by atoms with E-state index in [4.69, 9.17) is 4.74 Å². The number of benzene rings is 1. The van der Waals surface area contributed by atoms with Crippen LogP contribution in [0, 0.1) is 5.82 Å². The second-order valence-corrected chi connectivity index (χ2v) is 5.05. The van der Waals surface area contributed by atoms with Crippen molar-refractivity contribution in [3.05, 3.63) is 29.6 Å². The molecule has 0 spiro atoms. The van der Waals surface area contributed by atoms with Gasteiger partial charge in [0.15, 0.2) is 0 Å². The van der Waals surface area contributed by atoms with Gasteiger partial charge in [0.05, 0.1) is 31.0 Å². The van der Waals surface area contributed by atoms with Crippen molar-refractivity contribution in [1.29, 1.82) is 0 Å². The summed E-state index contributed by atoms with van der Waals surface area (Å²) in [6, 6.07) is 4.41. The lowest BCUT2D eigenvalue weighted by molar-refractivity contribution is 0.0572. The van der Waals surface area contributed by atoms with Crippen molar-refractivity contribution < 1.29 is 24.4 Å². The summed E-state index contributed by atoms with van der Waals surface area (Å²) in [5, 5.41) is 29.0. The maximum absolute atomic E-state index is 13.8. The van der Waals surface area contributed by atoms with E-state index in [-0.39, 0.29) is 5.56 Å². The number of ether oxygens (including phenoxy) is 1. The first kappa shape index (κ1) is 15.2. The van der Waals surface area contributed by atoms with Gasteiger partial charge in [0.1, 0.15) is 11.6 Å². The Morgan fingerprint density at radius 3 is 2.60 bits per heavy atom. The number of β-amino-alcohol motifs (C(OH)–C–C–N with tert-alkyl or cyclic N) is 2. The molecule has 5 nitrogen and oxygen atoms in total. The van der Waals surface area contributed by atoms with Crippen LogP contribution in [-0.4, -0.2) is 59.2 Å². The lowest BCUT2D eigenvalue weighted by atomic mass is 10.0. The maximum Gasteiger partial charge on any atom is 0.132 e. The van der Waals surface area contributed by atoms with Crippen molar-refractivity contribution >= 4 is 0 Å². The van der Waals surface area contributed by atoms with E-state index in [0.29, 0.717) is 31.8 Å². The van der Waals surface area contributed by atoms with Crippen LogP contribution in [0.25, 0.3) is 0 Å². The molecule has 3 N–H and O–H groups in total. The van der Waals surface area contributed by atoms with Crippen molar-refractivity contribution in [3.8, 4) is 5.75 Å². The minimum Gasteiger partial charge on any atom is -0.496 e. The highest BCUT2D eigenvalue weighted by atomic mass is 19.1. The molecule has 1 aliphatic rings. The predicted octanol–water partition coefficient (Wildman–Crippen LogP) is 0.295. The van der Waals surface area contributed by atoms with Crippen LogP contribution in [0.15, 0.2) is 18.2 Å². The first-order valence-corrected chi connectivity index (χ1v) is 6.62. The highest BCUT2D eigenvalue weighted by molar-refractivity contribution is 5.36. The summed E-state index contributed by atoms with van der Waals surface area (Å²) in [5.74, 6) is -0.183. The van der Waals surface area contributed by atoms with E-state index >= 15 is 0 Å². The smallest absolute Gasteiger partial charge is 0.132 e. The fourth-order valence-electron chi connectivity index (χ4n) is 2.50. The first-order valence-electron chi connectivity index (χ1n) is 6.62. The van der Waals surface area contributed by atoms with Gasteiger partial charge in [-0.1, -0.05) is 6.07 Å². The number of aliphatic hydroxyl groups is 3. The molecule has 1 fully saturated rings. The molecule has 1 saturated heterocycles. The number of halogens is 1. The summed E-state index contributed by atoms with van der Waals surface area (Å²) >= 11 is 0. The summed E-state index contributed by atoms with van der Waals surface area (Å²) in [5.41, 5.74) is 0.148. The van der Waals surface area contributed by atoms with E-state index in [9.17, 15) is 19.7 Å². The standard InChI is InChI=1S/C14H20FNO4/c1-20-13-4-2-3-9(15)14(13)10(17)5-6-16-7-11(18)12(19)8-16/h2-4,10-12,17-19H,5-8H2,1H3. The number of likely N-dealkylation sites (tertiary alicyclic amines) is 1. The van der Waals surface area contributed by atoms with E-state index in [1.54, 1.807) is 6.07 Å². The molecule has 1 aliphatic heterocycles. The van der Waals surface area contributed by atoms with Crippen LogP contribution in [0.2, 0.25) is 0 Å². The predicted molar refractivity (Wildman–Crippen MR) is 71.0 cm³/mol. The van der Waals surface area contributed by atoms with Gasteiger partial charge >= 0.3 is 0 Å². The molecule has 20 heavy (non-hydrogen) atoms. The molecule has 0 aliphatic carbocycles. The van der Waals surface area contributed by atoms with Gasteiger partial charge in [-0.3, -0.25) is 4.90 Å². The van der Waals surface area contributed by atoms with Gasteiger partial charge < -0.3 is 20.1 Å². The minimum absolute atomic E-state index is 0.148. The van der Waals surface area contributed by atoms with Crippen LogP contribution in [0.1, 0.15) is 18.1 Å². The quantitative estimate of drug-likeness (QED) is 0.725. The van der Waals surface area contributed by atoms with E-state index in [1.807, 2.05) is 4.90 Å². The molecule has 3 atom stereocenters. The van der Waals surface area contributed by atoms with Crippen LogP contribution in [-0.2, 0) is 0 Å². The number of hydrogen-bond acceptors (Lipinski definition) is 5. The average molecular weight is 285 g/mol. The van der Waals surface area contributed by atoms with Crippen molar-refractivity contribution in [1.82, 2.24) is 4.90 Å². The summed E-state index contributed by atoms with van der Waals surface area (Å²) in [4.78, 5) is 1.84. The molecule has 0 saturated carbocycles. The monoisotopic (exact) mass is 285 g/mol. The third-order valence-electron chi connectivity index (χ3n) is 3.62. The maximum atomic E-state index is 13.8. The largest absolute Gasteiger partial charge is 0.496 e. The molecular weight excluding hydrogens is 265 g/mol. The number of hydrogen-bond donors (Lipinski definition) is 3. The first-order chi connectivity index (χ1) is 9.52. The second kappa shape index (κ2) is 6.49. The molecule has 2 rings (SSSR count). The molecule has 112 valence electrons. The van der Waals surface area contributed by atoms with E-state index in [2.05, 4.69) is 0 Å². The molecule has 0 aromatic heterocycles. The highest BCUT2D eigenvalue weighted by Gasteiger charge is 2.30. The minimum atomic E-state index is -0.985. The van der Waals surface area contributed by atoms with E-state index < -0.39 is 24.1 Å². The van der Waals surface area contributed by atoms with E-state index in [1.165, 1.54) is 19.2 Å². The van der Waals surface area contributed by atoms with Crippen LogP contribution in [0.5, 0.6) is 5.75 Å². The normalized spacial score (nSPS) is 24.9. The molecule has 1 heterocycles. The highest BCUT2D eigenvalue weighted by Crippen LogP contribution is 2.30. The Bertz CT molecular complexity index is 447. The fourth-order valence-corrected chi connectivity index (χ4v) is 2.50. The molecule has 0 bridgehead atoms. The Kier molecular flexibility index (Phi) is 4.93.